The molecule has 9 heteroatoms. The molecule has 0 unspecified atom stereocenters. The highest BCUT2D eigenvalue weighted by Gasteiger charge is 2.19. The summed E-state index contributed by atoms with van der Waals surface area (Å²) in [5.74, 6) is -0.238. The largest absolute Gasteiger partial charge is 0.322 e. The van der Waals surface area contributed by atoms with Gasteiger partial charge < -0.3 is 10.2 Å². The van der Waals surface area contributed by atoms with E-state index in [9.17, 15) is 9.59 Å². The van der Waals surface area contributed by atoms with Crippen LogP contribution in [-0.4, -0.2) is 51.9 Å². The summed E-state index contributed by atoms with van der Waals surface area (Å²) >= 11 is 6.59. The van der Waals surface area contributed by atoms with Crippen LogP contribution in [0.4, 0.5) is 11.6 Å². The number of benzene rings is 2. The average Bonchev–Trinajstić information content (AvgIpc) is 3.19. The Morgan fingerprint density at radius 3 is 2.64 bits per heavy atom. The van der Waals surface area contributed by atoms with E-state index in [0.717, 1.165) is 16.9 Å². The van der Waals surface area contributed by atoms with Gasteiger partial charge >= 0.3 is 0 Å². The van der Waals surface area contributed by atoms with Crippen LogP contribution in [-0.2, 0) is 4.79 Å². The second-order valence-electron chi connectivity index (χ2n) is 8.67. The number of anilines is 2. The van der Waals surface area contributed by atoms with Gasteiger partial charge in [0.25, 0.3) is 5.91 Å². The molecule has 0 bridgehead atoms. The Balaban J connectivity index is 1.75. The lowest BCUT2D eigenvalue weighted by Crippen LogP contribution is -2.16. The van der Waals surface area contributed by atoms with Crippen LogP contribution in [0.3, 0.4) is 0 Å². The van der Waals surface area contributed by atoms with E-state index in [1.807, 2.05) is 63.2 Å². The molecule has 0 spiro atoms. The number of para-hydroxylation sites is 1. The topological polar surface area (TPSA) is 92.2 Å². The molecule has 2 N–H and O–H groups in total. The normalized spacial score (nSPS) is 11.4. The van der Waals surface area contributed by atoms with Crippen molar-refractivity contribution in [1.29, 1.82) is 0 Å². The number of nitrogens with one attached hydrogen (secondary N) is 2. The molecule has 4 aromatic rings. The number of fused-ring (bicyclic) bond motifs is 1. The van der Waals surface area contributed by atoms with Crippen molar-refractivity contribution in [2.75, 3.05) is 31.3 Å². The minimum atomic E-state index is -0.318. The molecule has 0 radical (unpaired) electrons. The molecule has 8 nitrogen and oxygen atoms in total. The maximum absolute atomic E-state index is 13.1. The van der Waals surface area contributed by atoms with Gasteiger partial charge in [-0.25, -0.2) is 4.98 Å². The predicted octanol–water partition coefficient (Wildman–Crippen LogP) is 5.00. The number of pyridine rings is 1. The molecule has 0 saturated carbocycles. The Labute approximate surface area is 214 Å². The van der Waals surface area contributed by atoms with Gasteiger partial charge in [0.15, 0.2) is 0 Å². The fourth-order valence-electron chi connectivity index (χ4n) is 3.75. The van der Waals surface area contributed by atoms with Gasteiger partial charge in [0.05, 0.1) is 21.7 Å². The van der Waals surface area contributed by atoms with E-state index in [1.54, 1.807) is 35.0 Å². The van der Waals surface area contributed by atoms with Crippen molar-refractivity contribution in [2.24, 2.45) is 0 Å². The Bertz CT molecular complexity index is 1470. The van der Waals surface area contributed by atoms with Gasteiger partial charge in [-0.3, -0.25) is 24.5 Å². The number of hydrogen-bond acceptors (Lipinski definition) is 5. The third-order valence-corrected chi connectivity index (χ3v) is 5.77. The number of hydrogen-bond donors (Lipinski definition) is 2. The summed E-state index contributed by atoms with van der Waals surface area (Å²) in [6.45, 7) is 4.43. The molecule has 0 aliphatic rings. The van der Waals surface area contributed by atoms with Crippen molar-refractivity contribution in [1.82, 2.24) is 19.4 Å². The van der Waals surface area contributed by atoms with E-state index in [0.29, 0.717) is 39.8 Å². The van der Waals surface area contributed by atoms with E-state index < -0.39 is 0 Å². The minimum Gasteiger partial charge on any atom is -0.322 e. The lowest BCUT2D eigenvalue weighted by atomic mass is 10.1. The van der Waals surface area contributed by atoms with Crippen LogP contribution >= 0.6 is 11.6 Å². The van der Waals surface area contributed by atoms with Gasteiger partial charge in [-0.1, -0.05) is 29.8 Å². The number of carbonyl (C=O) groups is 2. The van der Waals surface area contributed by atoms with Crippen molar-refractivity contribution in [3.8, 4) is 5.69 Å². The third kappa shape index (κ3) is 5.62. The number of rotatable bonds is 7. The number of aromatic nitrogens is 3. The molecule has 2 amide bonds. The zero-order chi connectivity index (χ0) is 25.8. The second kappa shape index (κ2) is 10.7. The maximum atomic E-state index is 13.1. The number of imidazole rings is 1. The first kappa shape index (κ1) is 25.1. The minimum absolute atomic E-state index is 0.234. The first-order valence-electron chi connectivity index (χ1n) is 11.4. The molecule has 36 heavy (non-hydrogen) atoms. The van der Waals surface area contributed by atoms with E-state index in [4.69, 9.17) is 11.6 Å². The standard InChI is InChI=1S/C27H27ClN6O2/c1-17-10-11-20(30-24(35)9-6-14-33(3)4)16-23(17)34-25-21(28)7-5-8-22(25)31-27(34)32-26(36)19-12-13-29-18(2)15-19/h5-13,15-16H,14H2,1-4H3,(H,30,35)(H,31,32,36)/b9-6+. The second-order valence-corrected chi connectivity index (χ2v) is 9.08. The van der Waals surface area contributed by atoms with Gasteiger partial charge in [-0.15, -0.1) is 0 Å². The zero-order valence-corrected chi connectivity index (χ0v) is 21.3. The van der Waals surface area contributed by atoms with Crippen molar-refractivity contribution in [3.05, 3.63) is 88.7 Å². The number of aryl methyl sites for hydroxylation is 2. The molecule has 184 valence electrons. The van der Waals surface area contributed by atoms with Crippen LogP contribution in [0.2, 0.25) is 5.02 Å². The first-order valence-corrected chi connectivity index (χ1v) is 11.7. The molecule has 4 rings (SSSR count). The first-order chi connectivity index (χ1) is 17.2. The number of halogens is 1. The molecule has 0 atom stereocenters. The maximum Gasteiger partial charge on any atom is 0.258 e. The molecule has 0 aliphatic heterocycles. The van der Waals surface area contributed by atoms with Crippen LogP contribution in [0.5, 0.6) is 0 Å². The quantitative estimate of drug-likeness (QED) is 0.347. The van der Waals surface area contributed by atoms with Crippen LogP contribution in [0.15, 0.2) is 66.9 Å². The number of likely N-dealkylation sites (N-methyl/N-ethyl adjacent to an activating group) is 1. The van der Waals surface area contributed by atoms with Gasteiger partial charge in [0, 0.05) is 35.8 Å². The fraction of sp³-hybridized carbons (Fsp3) is 0.185. The van der Waals surface area contributed by atoms with Crippen molar-refractivity contribution in [3.63, 3.8) is 0 Å². The highest BCUT2D eigenvalue weighted by Crippen LogP contribution is 2.33. The van der Waals surface area contributed by atoms with Crippen LogP contribution < -0.4 is 10.6 Å². The van der Waals surface area contributed by atoms with Crippen LogP contribution in [0.25, 0.3) is 16.7 Å². The summed E-state index contributed by atoms with van der Waals surface area (Å²) in [4.78, 5) is 36.3. The highest BCUT2D eigenvalue weighted by molar-refractivity contribution is 6.35. The summed E-state index contributed by atoms with van der Waals surface area (Å²) in [5.41, 5.74) is 4.72. The van der Waals surface area contributed by atoms with Crippen molar-refractivity contribution < 1.29 is 9.59 Å². The van der Waals surface area contributed by atoms with E-state index in [1.165, 1.54) is 6.08 Å². The van der Waals surface area contributed by atoms with E-state index in [-0.39, 0.29) is 11.8 Å². The van der Waals surface area contributed by atoms with Crippen LogP contribution in [0, 0.1) is 13.8 Å². The summed E-state index contributed by atoms with van der Waals surface area (Å²) in [6.07, 6.45) is 4.89. The number of nitrogens with zero attached hydrogens (tertiary/aromatic N) is 4. The van der Waals surface area contributed by atoms with Crippen molar-refractivity contribution in [2.45, 2.75) is 13.8 Å². The summed E-state index contributed by atoms with van der Waals surface area (Å²) in [6, 6.07) is 14.3. The lowest BCUT2D eigenvalue weighted by Gasteiger charge is -2.15. The molecular formula is C27H27ClN6O2. The number of amides is 2. The Kier molecular flexibility index (Phi) is 7.47. The molecule has 2 aromatic heterocycles. The number of carbonyl (C=O) groups excluding carboxylic acids is 2. The third-order valence-electron chi connectivity index (χ3n) is 5.47. The average molecular weight is 503 g/mol. The van der Waals surface area contributed by atoms with Crippen molar-refractivity contribution >= 4 is 46.1 Å². The molecule has 2 aromatic carbocycles. The molecule has 0 saturated heterocycles. The molecular weight excluding hydrogens is 476 g/mol. The van der Waals surface area contributed by atoms with Gasteiger partial charge in [-0.05, 0) is 69.9 Å². The lowest BCUT2D eigenvalue weighted by molar-refractivity contribution is -0.111. The summed E-state index contributed by atoms with van der Waals surface area (Å²) in [7, 11) is 3.86. The molecule has 2 heterocycles. The Morgan fingerprint density at radius 1 is 1.08 bits per heavy atom. The summed E-state index contributed by atoms with van der Waals surface area (Å²) < 4.78 is 1.80. The SMILES string of the molecule is Cc1cc(C(=O)Nc2nc3cccc(Cl)c3n2-c2cc(NC(=O)/C=C/CN(C)C)ccc2C)ccn1. The van der Waals surface area contributed by atoms with E-state index >= 15 is 0 Å². The Morgan fingerprint density at radius 2 is 1.89 bits per heavy atom. The highest BCUT2D eigenvalue weighted by atomic mass is 35.5. The summed E-state index contributed by atoms with van der Waals surface area (Å²) in [5, 5.41) is 6.30. The fourth-order valence-corrected chi connectivity index (χ4v) is 4.00. The van der Waals surface area contributed by atoms with Gasteiger partial charge in [0.1, 0.15) is 0 Å². The predicted molar refractivity (Wildman–Crippen MR) is 144 cm³/mol. The van der Waals surface area contributed by atoms with Gasteiger partial charge in [0.2, 0.25) is 11.9 Å². The smallest absolute Gasteiger partial charge is 0.258 e. The van der Waals surface area contributed by atoms with Gasteiger partial charge in [-0.2, -0.15) is 0 Å². The molecule has 0 fully saturated rings. The monoisotopic (exact) mass is 502 g/mol. The van der Waals surface area contributed by atoms with E-state index in [2.05, 4.69) is 20.6 Å². The van der Waals surface area contributed by atoms with Crippen LogP contribution in [0.1, 0.15) is 21.6 Å². The zero-order valence-electron chi connectivity index (χ0n) is 20.5. The molecule has 0 aliphatic carbocycles. The Hall–Kier alpha value is -4.01.